The molecule has 0 saturated heterocycles. The lowest BCUT2D eigenvalue weighted by Gasteiger charge is -2.13. The largest absolute Gasteiger partial charge is 0.490 e. The molecule has 2 aromatic carbocycles. The molecule has 0 aliphatic heterocycles. The number of thiocarbonyl (C=S) groups is 1. The summed E-state index contributed by atoms with van der Waals surface area (Å²) in [6.07, 6.45) is 0.0344. The molecule has 0 aliphatic carbocycles. The second-order valence-corrected chi connectivity index (χ2v) is 7.76. The fourth-order valence-electron chi connectivity index (χ4n) is 2.28. The Hall–Kier alpha value is -2.45. The number of nitrogens with one attached hydrogen (secondary N) is 2. The van der Waals surface area contributed by atoms with Crippen LogP contribution < -0.4 is 15.4 Å². The zero-order chi connectivity index (χ0) is 20.8. The number of benzene rings is 2. The second-order valence-electron chi connectivity index (χ2n) is 6.50. The molecular weight excluding hydrogens is 442 g/mol. The van der Waals surface area contributed by atoms with Crippen LogP contribution in [0.25, 0.3) is 0 Å². The van der Waals surface area contributed by atoms with Crippen LogP contribution in [0.15, 0.2) is 46.9 Å². The maximum atomic E-state index is 12.4. The minimum absolute atomic E-state index is 0.0344. The smallest absolute Gasteiger partial charge is 0.257 e. The lowest BCUT2D eigenvalue weighted by atomic mass is 10.2. The Kier molecular flexibility index (Phi) is 7.53. The molecule has 0 saturated carbocycles. The van der Waals surface area contributed by atoms with Gasteiger partial charge in [0.25, 0.3) is 11.8 Å². The van der Waals surface area contributed by atoms with E-state index in [1.54, 1.807) is 56.6 Å². The van der Waals surface area contributed by atoms with Gasteiger partial charge in [-0.05, 0) is 84.5 Å². The van der Waals surface area contributed by atoms with Gasteiger partial charge in [0, 0.05) is 30.9 Å². The Morgan fingerprint density at radius 3 is 2.21 bits per heavy atom. The minimum atomic E-state index is -0.339. The van der Waals surface area contributed by atoms with Gasteiger partial charge in [-0.1, -0.05) is 0 Å². The molecule has 8 heteroatoms. The molecule has 6 nitrogen and oxygen atoms in total. The van der Waals surface area contributed by atoms with Gasteiger partial charge in [0.2, 0.25) is 0 Å². The highest BCUT2D eigenvalue weighted by Crippen LogP contribution is 2.27. The number of hydrogen-bond donors (Lipinski definition) is 2. The number of anilines is 1. The summed E-state index contributed by atoms with van der Waals surface area (Å²) in [5.41, 5.74) is 1.68. The zero-order valence-corrected chi connectivity index (χ0v) is 18.5. The fourth-order valence-corrected chi connectivity index (χ4v) is 2.97. The van der Waals surface area contributed by atoms with Crippen molar-refractivity contribution in [3.05, 3.63) is 58.1 Å². The van der Waals surface area contributed by atoms with E-state index in [0.29, 0.717) is 27.0 Å². The van der Waals surface area contributed by atoms with Crippen molar-refractivity contribution in [3.63, 3.8) is 0 Å². The summed E-state index contributed by atoms with van der Waals surface area (Å²) in [6, 6.07) is 11.9. The monoisotopic (exact) mass is 463 g/mol. The molecular formula is C20H22BrN3O3S. The Morgan fingerprint density at radius 2 is 1.68 bits per heavy atom. The Labute approximate surface area is 178 Å². The van der Waals surface area contributed by atoms with Crippen LogP contribution in [0.1, 0.15) is 34.6 Å². The number of amides is 2. The summed E-state index contributed by atoms with van der Waals surface area (Å²) in [7, 11) is 3.39. The number of hydrogen-bond acceptors (Lipinski definition) is 4. The highest BCUT2D eigenvalue weighted by Gasteiger charge is 2.12. The summed E-state index contributed by atoms with van der Waals surface area (Å²) in [6.45, 7) is 3.86. The van der Waals surface area contributed by atoms with Gasteiger partial charge in [-0.25, -0.2) is 0 Å². The van der Waals surface area contributed by atoms with Gasteiger partial charge < -0.3 is 15.0 Å². The van der Waals surface area contributed by atoms with Gasteiger partial charge in [-0.3, -0.25) is 14.9 Å². The minimum Gasteiger partial charge on any atom is -0.490 e. The van der Waals surface area contributed by atoms with E-state index in [0.717, 1.165) is 0 Å². The fraction of sp³-hybridized carbons (Fsp3) is 0.250. The average molecular weight is 464 g/mol. The number of carbonyl (C=O) groups excluding carboxylic acids is 2. The molecule has 28 heavy (non-hydrogen) atoms. The predicted octanol–water partition coefficient (Wildman–Crippen LogP) is 4.06. The van der Waals surface area contributed by atoms with Crippen LogP contribution in [0, 0.1) is 0 Å². The Bertz CT molecular complexity index is 883. The molecule has 0 heterocycles. The van der Waals surface area contributed by atoms with Crippen molar-refractivity contribution < 1.29 is 14.3 Å². The molecule has 0 bridgehead atoms. The summed E-state index contributed by atoms with van der Waals surface area (Å²) in [4.78, 5) is 25.8. The highest BCUT2D eigenvalue weighted by atomic mass is 79.9. The molecule has 0 unspecified atom stereocenters. The van der Waals surface area contributed by atoms with Gasteiger partial charge in [0.05, 0.1) is 10.6 Å². The van der Waals surface area contributed by atoms with Gasteiger partial charge in [0.1, 0.15) is 5.75 Å². The molecule has 148 valence electrons. The average Bonchev–Trinajstić information content (AvgIpc) is 2.62. The van der Waals surface area contributed by atoms with Gasteiger partial charge in [-0.15, -0.1) is 0 Å². The molecule has 0 aliphatic rings. The van der Waals surface area contributed by atoms with Crippen molar-refractivity contribution in [1.29, 1.82) is 0 Å². The van der Waals surface area contributed by atoms with E-state index in [1.165, 1.54) is 4.90 Å². The molecule has 0 atom stereocenters. The lowest BCUT2D eigenvalue weighted by molar-refractivity contribution is 0.0827. The van der Waals surface area contributed by atoms with E-state index in [4.69, 9.17) is 17.0 Å². The molecule has 0 spiro atoms. The topological polar surface area (TPSA) is 70.7 Å². The maximum absolute atomic E-state index is 12.4. The normalized spacial score (nSPS) is 10.4. The van der Waals surface area contributed by atoms with Crippen molar-refractivity contribution in [1.82, 2.24) is 10.2 Å². The molecule has 0 radical (unpaired) electrons. The maximum Gasteiger partial charge on any atom is 0.257 e. The molecule has 2 aromatic rings. The summed E-state index contributed by atoms with van der Waals surface area (Å²) >= 11 is 8.61. The van der Waals surface area contributed by atoms with E-state index < -0.39 is 0 Å². The third-order valence-electron chi connectivity index (χ3n) is 3.58. The van der Waals surface area contributed by atoms with Gasteiger partial charge in [-0.2, -0.15) is 0 Å². The SMILES string of the molecule is CC(C)Oc1ccc(C(=O)NC(=S)Nc2ccc(C(=O)N(C)C)cc2)cc1Br. The van der Waals surface area contributed by atoms with Crippen molar-refractivity contribution >= 4 is 50.8 Å². The van der Waals surface area contributed by atoms with Crippen LogP contribution in [-0.2, 0) is 0 Å². The number of ether oxygens (including phenoxy) is 1. The van der Waals surface area contributed by atoms with Crippen molar-refractivity contribution in [3.8, 4) is 5.75 Å². The number of halogens is 1. The van der Waals surface area contributed by atoms with Crippen LogP contribution in [0.3, 0.4) is 0 Å². The number of rotatable bonds is 5. The van der Waals surface area contributed by atoms with E-state index in [9.17, 15) is 9.59 Å². The third kappa shape index (κ3) is 6.03. The first-order chi connectivity index (χ1) is 13.2. The summed E-state index contributed by atoms with van der Waals surface area (Å²) < 4.78 is 6.33. The first-order valence-corrected chi connectivity index (χ1v) is 9.77. The van der Waals surface area contributed by atoms with Crippen LogP contribution in [0.5, 0.6) is 5.75 Å². The molecule has 2 N–H and O–H groups in total. The first kappa shape index (κ1) is 21.8. The molecule has 0 aromatic heterocycles. The molecule has 2 amide bonds. The van der Waals surface area contributed by atoms with Crippen LogP contribution in [-0.4, -0.2) is 42.0 Å². The van der Waals surface area contributed by atoms with Crippen molar-refractivity contribution in [2.45, 2.75) is 20.0 Å². The zero-order valence-electron chi connectivity index (χ0n) is 16.1. The second kappa shape index (κ2) is 9.66. The summed E-state index contributed by atoms with van der Waals surface area (Å²) in [5.74, 6) is 0.242. The lowest BCUT2D eigenvalue weighted by Crippen LogP contribution is -2.34. The Balaban J connectivity index is 1.98. The quantitative estimate of drug-likeness (QED) is 0.654. The van der Waals surface area contributed by atoms with E-state index >= 15 is 0 Å². The Morgan fingerprint density at radius 1 is 1.07 bits per heavy atom. The highest BCUT2D eigenvalue weighted by molar-refractivity contribution is 9.10. The standard InChI is InChI=1S/C20H22BrN3O3S/c1-12(2)27-17-10-7-14(11-16(17)21)18(25)23-20(28)22-15-8-5-13(6-9-15)19(26)24(3)4/h5-12H,1-4H3,(H2,22,23,25,28). The molecule has 0 fully saturated rings. The third-order valence-corrected chi connectivity index (χ3v) is 4.40. The number of nitrogens with zero attached hydrogens (tertiary/aromatic N) is 1. The van der Waals surface area contributed by atoms with Gasteiger partial charge >= 0.3 is 0 Å². The van der Waals surface area contributed by atoms with E-state index in [-0.39, 0.29) is 23.0 Å². The van der Waals surface area contributed by atoms with Gasteiger partial charge in [0.15, 0.2) is 5.11 Å². The van der Waals surface area contributed by atoms with Crippen molar-refractivity contribution in [2.75, 3.05) is 19.4 Å². The molecule has 2 rings (SSSR count). The summed E-state index contributed by atoms with van der Waals surface area (Å²) in [5, 5.41) is 5.72. The van der Waals surface area contributed by atoms with E-state index in [2.05, 4.69) is 26.6 Å². The van der Waals surface area contributed by atoms with Crippen LogP contribution in [0.2, 0.25) is 0 Å². The number of carbonyl (C=O) groups is 2. The van der Waals surface area contributed by atoms with E-state index in [1.807, 2.05) is 13.8 Å². The van der Waals surface area contributed by atoms with Crippen molar-refractivity contribution in [2.24, 2.45) is 0 Å². The van der Waals surface area contributed by atoms with Crippen LogP contribution in [0.4, 0.5) is 5.69 Å². The van der Waals surface area contributed by atoms with Crippen LogP contribution >= 0.6 is 28.1 Å². The predicted molar refractivity (Wildman–Crippen MR) is 118 cm³/mol. The first-order valence-electron chi connectivity index (χ1n) is 8.57.